The van der Waals surface area contributed by atoms with Gasteiger partial charge in [-0.05, 0) is 37.0 Å². The van der Waals surface area contributed by atoms with Gasteiger partial charge in [-0.3, -0.25) is 0 Å². The van der Waals surface area contributed by atoms with Gasteiger partial charge in [0.25, 0.3) is 0 Å². The first-order valence-electron chi connectivity index (χ1n) is 5.55. The molecule has 0 fully saturated rings. The number of hydrogen-bond donors (Lipinski definition) is 0. The average Bonchev–Trinajstić information content (AvgIpc) is 2.28. The normalized spacial score (nSPS) is 14.7. The lowest BCUT2D eigenvalue weighted by atomic mass is 9.96. The molecule has 0 radical (unpaired) electrons. The van der Waals surface area contributed by atoms with Crippen LogP contribution < -0.4 is 4.74 Å². The predicted molar refractivity (Wildman–Crippen MR) is 69.0 cm³/mol. The van der Waals surface area contributed by atoms with Crippen molar-refractivity contribution in [2.24, 2.45) is 0 Å². The second-order valence-corrected chi connectivity index (χ2v) is 4.89. The van der Waals surface area contributed by atoms with Crippen LogP contribution in [0.15, 0.2) is 24.3 Å². The summed E-state index contributed by atoms with van der Waals surface area (Å²) in [5, 5.41) is 0. The number of halogens is 1. The summed E-state index contributed by atoms with van der Waals surface area (Å²) in [6, 6.07) is 8.40. The van der Waals surface area contributed by atoms with Crippen LogP contribution in [0.3, 0.4) is 0 Å². The first-order chi connectivity index (χ1) is 7.19. The molecule has 0 saturated carbocycles. The zero-order chi connectivity index (χ0) is 11.3. The van der Waals surface area contributed by atoms with E-state index in [1.807, 2.05) is 19.1 Å². The Morgan fingerprint density at radius 1 is 1.20 bits per heavy atom. The molecular formula is C13H19BrO. The van der Waals surface area contributed by atoms with Crippen molar-refractivity contribution in [3.05, 3.63) is 29.8 Å². The predicted octanol–water partition coefficient (Wildman–Crippen LogP) is 4.36. The maximum atomic E-state index is 5.42. The van der Waals surface area contributed by atoms with Crippen LogP contribution in [-0.2, 0) is 0 Å². The molecule has 0 N–H and O–H groups in total. The van der Waals surface area contributed by atoms with Crippen molar-refractivity contribution in [1.82, 2.24) is 0 Å². The molecule has 1 nitrogen and oxygen atoms in total. The fourth-order valence-electron chi connectivity index (χ4n) is 1.60. The quantitative estimate of drug-likeness (QED) is 0.723. The van der Waals surface area contributed by atoms with Gasteiger partial charge in [-0.2, -0.15) is 0 Å². The Hall–Kier alpha value is -0.500. The smallest absolute Gasteiger partial charge is 0.119 e. The highest BCUT2D eigenvalue weighted by Crippen LogP contribution is 2.27. The Morgan fingerprint density at radius 2 is 1.80 bits per heavy atom. The number of benzene rings is 1. The first kappa shape index (κ1) is 12.6. The molecule has 0 heterocycles. The van der Waals surface area contributed by atoms with Crippen LogP contribution in [0.1, 0.15) is 38.7 Å². The summed E-state index contributed by atoms with van der Waals surface area (Å²) in [6.45, 7) is 7.18. The average molecular weight is 271 g/mol. The van der Waals surface area contributed by atoms with Gasteiger partial charge in [0.15, 0.2) is 0 Å². The van der Waals surface area contributed by atoms with E-state index >= 15 is 0 Å². The summed E-state index contributed by atoms with van der Waals surface area (Å²) in [7, 11) is 0. The molecule has 2 heteroatoms. The Kier molecular flexibility index (Phi) is 5.16. The molecule has 0 saturated heterocycles. The molecule has 1 aromatic rings. The van der Waals surface area contributed by atoms with E-state index in [0.717, 1.165) is 18.8 Å². The molecule has 0 aliphatic rings. The monoisotopic (exact) mass is 270 g/mol. The van der Waals surface area contributed by atoms with Gasteiger partial charge >= 0.3 is 0 Å². The first-order valence-corrected chi connectivity index (χ1v) is 6.47. The molecule has 2 atom stereocenters. The summed E-state index contributed by atoms with van der Waals surface area (Å²) in [4.78, 5) is 0.551. The fourth-order valence-corrected chi connectivity index (χ4v) is 1.90. The van der Waals surface area contributed by atoms with Crippen molar-refractivity contribution >= 4 is 15.9 Å². The van der Waals surface area contributed by atoms with Crippen molar-refractivity contribution in [2.75, 3.05) is 6.61 Å². The van der Waals surface area contributed by atoms with Gasteiger partial charge in [0.2, 0.25) is 0 Å². The van der Waals surface area contributed by atoms with Gasteiger partial charge in [0.05, 0.1) is 6.61 Å². The van der Waals surface area contributed by atoms with E-state index in [4.69, 9.17) is 4.74 Å². The van der Waals surface area contributed by atoms with Gasteiger partial charge in [-0.1, -0.05) is 41.9 Å². The largest absolute Gasteiger partial charge is 0.494 e. The molecule has 0 aliphatic heterocycles. The molecular weight excluding hydrogens is 252 g/mol. The topological polar surface area (TPSA) is 9.23 Å². The molecule has 0 aliphatic carbocycles. The van der Waals surface area contributed by atoms with E-state index in [0.29, 0.717) is 10.7 Å². The van der Waals surface area contributed by atoms with Gasteiger partial charge in [0.1, 0.15) is 5.75 Å². The van der Waals surface area contributed by atoms with E-state index in [1.54, 1.807) is 0 Å². The van der Waals surface area contributed by atoms with E-state index in [-0.39, 0.29) is 0 Å². The highest BCUT2D eigenvalue weighted by molar-refractivity contribution is 9.09. The number of alkyl halides is 1. The van der Waals surface area contributed by atoms with E-state index < -0.39 is 0 Å². The van der Waals surface area contributed by atoms with E-state index in [1.165, 1.54) is 5.56 Å². The third kappa shape index (κ3) is 3.53. The highest BCUT2D eigenvalue weighted by Gasteiger charge is 2.13. The molecule has 1 aromatic carbocycles. The maximum absolute atomic E-state index is 5.42. The number of ether oxygens (including phenoxy) is 1. The SMILES string of the molecule is CCOc1ccc(C(C)C(Br)CC)cc1. The molecule has 2 unspecified atom stereocenters. The van der Waals surface area contributed by atoms with Crippen molar-refractivity contribution in [2.45, 2.75) is 37.9 Å². The Bertz CT molecular complexity index is 281. The summed E-state index contributed by atoms with van der Waals surface area (Å²) in [5.74, 6) is 1.50. The zero-order valence-corrected chi connectivity index (χ0v) is 11.3. The zero-order valence-electron chi connectivity index (χ0n) is 9.66. The molecule has 0 bridgehead atoms. The second kappa shape index (κ2) is 6.16. The van der Waals surface area contributed by atoms with Crippen LogP contribution in [0.25, 0.3) is 0 Å². The Balaban J connectivity index is 2.70. The van der Waals surface area contributed by atoms with Crippen LogP contribution in [0.4, 0.5) is 0 Å². The lowest BCUT2D eigenvalue weighted by Crippen LogP contribution is -2.07. The number of hydrogen-bond acceptors (Lipinski definition) is 1. The lowest BCUT2D eigenvalue weighted by molar-refractivity contribution is 0.340. The third-order valence-corrected chi connectivity index (χ3v) is 4.09. The van der Waals surface area contributed by atoms with Crippen LogP contribution in [0, 0.1) is 0 Å². The molecule has 0 spiro atoms. The van der Waals surface area contributed by atoms with Crippen LogP contribution in [0.2, 0.25) is 0 Å². The highest BCUT2D eigenvalue weighted by atomic mass is 79.9. The minimum absolute atomic E-state index is 0.547. The summed E-state index contributed by atoms with van der Waals surface area (Å²) in [6.07, 6.45) is 1.15. The standard InChI is InChI=1S/C13H19BrO/c1-4-13(14)10(3)11-6-8-12(9-7-11)15-5-2/h6-10,13H,4-5H2,1-3H3. The van der Waals surface area contributed by atoms with Crippen LogP contribution >= 0.6 is 15.9 Å². The number of rotatable bonds is 5. The van der Waals surface area contributed by atoms with Crippen molar-refractivity contribution in [1.29, 1.82) is 0 Å². The molecule has 84 valence electrons. The maximum Gasteiger partial charge on any atom is 0.119 e. The van der Waals surface area contributed by atoms with Crippen LogP contribution in [-0.4, -0.2) is 11.4 Å². The van der Waals surface area contributed by atoms with E-state index in [9.17, 15) is 0 Å². The molecule has 0 amide bonds. The second-order valence-electron chi connectivity index (χ2n) is 3.71. The van der Waals surface area contributed by atoms with Gasteiger partial charge < -0.3 is 4.74 Å². The summed E-state index contributed by atoms with van der Waals surface area (Å²) in [5.41, 5.74) is 1.36. The summed E-state index contributed by atoms with van der Waals surface area (Å²) >= 11 is 3.70. The molecule has 15 heavy (non-hydrogen) atoms. The molecule has 1 rings (SSSR count). The van der Waals surface area contributed by atoms with Crippen molar-refractivity contribution in [3.63, 3.8) is 0 Å². The van der Waals surface area contributed by atoms with E-state index in [2.05, 4.69) is 41.9 Å². The van der Waals surface area contributed by atoms with Gasteiger partial charge in [0, 0.05) is 4.83 Å². The minimum Gasteiger partial charge on any atom is -0.494 e. The minimum atomic E-state index is 0.547. The third-order valence-electron chi connectivity index (χ3n) is 2.65. The van der Waals surface area contributed by atoms with Crippen molar-refractivity contribution in [3.8, 4) is 5.75 Å². The Labute approximate surface area is 101 Å². The Morgan fingerprint density at radius 3 is 2.27 bits per heavy atom. The van der Waals surface area contributed by atoms with Gasteiger partial charge in [-0.25, -0.2) is 0 Å². The van der Waals surface area contributed by atoms with Crippen molar-refractivity contribution < 1.29 is 4.74 Å². The fraction of sp³-hybridized carbons (Fsp3) is 0.538. The van der Waals surface area contributed by atoms with Gasteiger partial charge in [-0.15, -0.1) is 0 Å². The summed E-state index contributed by atoms with van der Waals surface area (Å²) < 4.78 is 5.42. The van der Waals surface area contributed by atoms with Crippen LogP contribution in [0.5, 0.6) is 5.75 Å². The molecule has 0 aromatic heterocycles. The lowest BCUT2D eigenvalue weighted by Gasteiger charge is -2.17.